The molecule has 1 fully saturated rings. The number of Topliss-reactive ketones (excluding diaryl/α,β-unsaturated/α-hetero) is 1. The monoisotopic (exact) mass is 250 g/mol. The van der Waals surface area contributed by atoms with Crippen LogP contribution in [0.5, 0.6) is 0 Å². The molecule has 0 unspecified atom stereocenters. The van der Waals surface area contributed by atoms with Crippen LogP contribution in [0.4, 0.5) is 0 Å². The molecule has 1 nitrogen and oxygen atoms in total. The van der Waals surface area contributed by atoms with E-state index in [0.29, 0.717) is 11.7 Å². The normalized spacial score (nSPS) is 17.7. The molecule has 2 aromatic rings. The molecule has 0 aromatic heterocycles. The van der Waals surface area contributed by atoms with E-state index in [1.807, 2.05) is 0 Å². The molecular formula is C18H18O. The first-order valence-electron chi connectivity index (χ1n) is 7.39. The van der Waals surface area contributed by atoms with Crippen LogP contribution in [-0.2, 0) is 12.8 Å². The van der Waals surface area contributed by atoms with E-state index in [0.717, 1.165) is 24.8 Å². The maximum absolute atomic E-state index is 12.5. The van der Waals surface area contributed by atoms with Crippen molar-refractivity contribution in [1.29, 1.82) is 0 Å². The second kappa shape index (κ2) is 4.19. The van der Waals surface area contributed by atoms with Gasteiger partial charge in [0.2, 0.25) is 0 Å². The van der Waals surface area contributed by atoms with Crippen molar-refractivity contribution >= 4 is 16.6 Å². The van der Waals surface area contributed by atoms with Gasteiger partial charge in [0.1, 0.15) is 0 Å². The van der Waals surface area contributed by atoms with Crippen LogP contribution in [0.2, 0.25) is 0 Å². The topological polar surface area (TPSA) is 17.1 Å². The molecule has 0 bridgehead atoms. The maximum atomic E-state index is 12.5. The van der Waals surface area contributed by atoms with Gasteiger partial charge in [-0.1, -0.05) is 49.6 Å². The van der Waals surface area contributed by atoms with Gasteiger partial charge in [0.05, 0.1) is 0 Å². The molecule has 4 rings (SSSR count). The Morgan fingerprint density at radius 1 is 1.05 bits per heavy atom. The van der Waals surface area contributed by atoms with Gasteiger partial charge in [-0.3, -0.25) is 4.79 Å². The first-order chi connectivity index (χ1) is 9.33. The first-order valence-corrected chi connectivity index (χ1v) is 7.39. The second-order valence-electron chi connectivity index (χ2n) is 6.04. The Balaban J connectivity index is 1.80. The second-order valence-corrected chi connectivity index (χ2v) is 6.04. The Labute approximate surface area is 113 Å². The molecule has 0 heterocycles. The van der Waals surface area contributed by atoms with Crippen LogP contribution < -0.4 is 0 Å². The number of rotatable bonds is 3. The average Bonchev–Trinajstić information content (AvgIpc) is 2.80. The predicted molar refractivity (Wildman–Crippen MR) is 77.6 cm³/mol. The molecule has 0 N–H and O–H groups in total. The summed E-state index contributed by atoms with van der Waals surface area (Å²) in [7, 11) is 0. The van der Waals surface area contributed by atoms with Crippen molar-refractivity contribution in [2.45, 2.75) is 38.5 Å². The van der Waals surface area contributed by atoms with Crippen molar-refractivity contribution in [3.05, 3.63) is 47.0 Å². The Kier molecular flexibility index (Phi) is 2.48. The SMILES string of the molecule is O=C(CC1CCC1)c1ccc2c3c(cccc13)CC2. The Morgan fingerprint density at radius 3 is 2.58 bits per heavy atom. The minimum atomic E-state index is 0.348. The third kappa shape index (κ3) is 1.72. The van der Waals surface area contributed by atoms with Gasteiger partial charge in [0, 0.05) is 12.0 Å². The summed E-state index contributed by atoms with van der Waals surface area (Å²) in [4.78, 5) is 12.5. The van der Waals surface area contributed by atoms with Crippen molar-refractivity contribution in [1.82, 2.24) is 0 Å². The summed E-state index contributed by atoms with van der Waals surface area (Å²) >= 11 is 0. The van der Waals surface area contributed by atoms with Crippen molar-refractivity contribution in [3.8, 4) is 0 Å². The van der Waals surface area contributed by atoms with Crippen LogP contribution >= 0.6 is 0 Å². The van der Waals surface area contributed by atoms with Gasteiger partial charge in [0.25, 0.3) is 0 Å². The number of ketones is 1. The Bertz CT molecular complexity index is 654. The number of hydrogen-bond donors (Lipinski definition) is 0. The highest BCUT2D eigenvalue weighted by atomic mass is 16.1. The summed E-state index contributed by atoms with van der Waals surface area (Å²) in [5.41, 5.74) is 3.80. The fourth-order valence-corrected chi connectivity index (χ4v) is 3.56. The number of aryl methyl sites for hydroxylation is 2. The summed E-state index contributed by atoms with van der Waals surface area (Å²) < 4.78 is 0. The van der Waals surface area contributed by atoms with E-state index in [2.05, 4.69) is 30.3 Å². The lowest BCUT2D eigenvalue weighted by Gasteiger charge is -2.24. The third-order valence-corrected chi connectivity index (χ3v) is 4.88. The highest BCUT2D eigenvalue weighted by molar-refractivity contribution is 6.10. The van der Waals surface area contributed by atoms with Crippen molar-refractivity contribution < 1.29 is 4.79 Å². The quantitative estimate of drug-likeness (QED) is 0.742. The molecule has 0 amide bonds. The van der Waals surface area contributed by atoms with E-state index in [-0.39, 0.29) is 0 Å². The molecule has 96 valence electrons. The molecule has 0 aliphatic heterocycles. The molecule has 1 heteroatoms. The lowest BCUT2D eigenvalue weighted by Crippen LogP contribution is -2.16. The van der Waals surface area contributed by atoms with Crippen molar-refractivity contribution in [2.24, 2.45) is 5.92 Å². The van der Waals surface area contributed by atoms with Crippen molar-refractivity contribution in [2.75, 3.05) is 0 Å². The van der Waals surface area contributed by atoms with Crippen LogP contribution in [0.1, 0.15) is 47.2 Å². The summed E-state index contributed by atoms with van der Waals surface area (Å²) in [6.07, 6.45) is 6.81. The largest absolute Gasteiger partial charge is 0.294 e. The summed E-state index contributed by atoms with van der Waals surface area (Å²) in [6, 6.07) is 10.7. The van der Waals surface area contributed by atoms with Crippen LogP contribution in [-0.4, -0.2) is 5.78 Å². The van der Waals surface area contributed by atoms with Crippen LogP contribution in [0.15, 0.2) is 30.3 Å². The van der Waals surface area contributed by atoms with Crippen LogP contribution in [0.25, 0.3) is 10.8 Å². The van der Waals surface area contributed by atoms with Gasteiger partial charge < -0.3 is 0 Å². The van der Waals surface area contributed by atoms with E-state index in [4.69, 9.17) is 0 Å². The van der Waals surface area contributed by atoms with E-state index >= 15 is 0 Å². The van der Waals surface area contributed by atoms with Gasteiger partial charge in [-0.25, -0.2) is 0 Å². The summed E-state index contributed by atoms with van der Waals surface area (Å²) in [5, 5.41) is 2.55. The zero-order valence-corrected chi connectivity index (χ0v) is 11.1. The lowest BCUT2D eigenvalue weighted by atomic mass is 9.80. The molecule has 19 heavy (non-hydrogen) atoms. The van der Waals surface area contributed by atoms with Gasteiger partial charge in [-0.15, -0.1) is 0 Å². The molecule has 2 aromatic carbocycles. The number of carbonyl (C=O) groups is 1. The first kappa shape index (κ1) is 11.2. The van der Waals surface area contributed by atoms with Crippen LogP contribution in [0.3, 0.4) is 0 Å². The molecule has 2 aliphatic rings. The zero-order chi connectivity index (χ0) is 12.8. The average molecular weight is 250 g/mol. The molecular weight excluding hydrogens is 232 g/mol. The number of hydrogen-bond acceptors (Lipinski definition) is 1. The van der Waals surface area contributed by atoms with Crippen LogP contribution in [0, 0.1) is 5.92 Å². The lowest BCUT2D eigenvalue weighted by molar-refractivity contribution is 0.0938. The molecule has 0 saturated heterocycles. The van der Waals surface area contributed by atoms with E-state index in [9.17, 15) is 4.79 Å². The van der Waals surface area contributed by atoms with Gasteiger partial charge in [0.15, 0.2) is 5.78 Å². The summed E-state index contributed by atoms with van der Waals surface area (Å²) in [5.74, 6) is 0.996. The van der Waals surface area contributed by atoms with Gasteiger partial charge in [-0.05, 0) is 40.7 Å². The van der Waals surface area contributed by atoms with Gasteiger partial charge in [-0.2, -0.15) is 0 Å². The maximum Gasteiger partial charge on any atom is 0.163 e. The fourth-order valence-electron chi connectivity index (χ4n) is 3.56. The minimum absolute atomic E-state index is 0.348. The zero-order valence-electron chi connectivity index (χ0n) is 11.1. The predicted octanol–water partition coefficient (Wildman–Crippen LogP) is 4.31. The minimum Gasteiger partial charge on any atom is -0.294 e. The third-order valence-electron chi connectivity index (χ3n) is 4.88. The highest BCUT2D eigenvalue weighted by Gasteiger charge is 2.23. The van der Waals surface area contributed by atoms with Crippen molar-refractivity contribution in [3.63, 3.8) is 0 Å². The Morgan fingerprint density at radius 2 is 1.84 bits per heavy atom. The fraction of sp³-hybridized carbons (Fsp3) is 0.389. The molecule has 0 atom stereocenters. The van der Waals surface area contributed by atoms with E-state index in [1.54, 1.807) is 0 Å². The molecule has 0 spiro atoms. The summed E-state index contributed by atoms with van der Waals surface area (Å²) in [6.45, 7) is 0. The smallest absolute Gasteiger partial charge is 0.163 e. The van der Waals surface area contributed by atoms with E-state index < -0.39 is 0 Å². The van der Waals surface area contributed by atoms with E-state index in [1.165, 1.54) is 41.2 Å². The molecule has 0 radical (unpaired) electrons. The molecule has 2 aliphatic carbocycles. The Hall–Kier alpha value is -1.63. The standard InChI is InChI=1S/C18H18O/c19-17(11-12-3-1-4-12)15-10-9-14-8-7-13-5-2-6-16(15)18(13)14/h2,5-6,9-10,12H,1,3-4,7-8,11H2. The van der Waals surface area contributed by atoms with Gasteiger partial charge >= 0.3 is 0 Å². The number of carbonyl (C=O) groups excluding carboxylic acids is 1. The number of benzene rings is 2. The molecule has 1 saturated carbocycles. The highest BCUT2D eigenvalue weighted by Crippen LogP contribution is 2.35.